The quantitative estimate of drug-likeness (QED) is 0.742. The van der Waals surface area contributed by atoms with Crippen molar-refractivity contribution in [2.75, 3.05) is 39.3 Å². The lowest BCUT2D eigenvalue weighted by Crippen LogP contribution is -2.47. The van der Waals surface area contributed by atoms with Gasteiger partial charge in [0.15, 0.2) is 5.52 Å². The van der Waals surface area contributed by atoms with Gasteiger partial charge in [0.25, 0.3) is 0 Å². The van der Waals surface area contributed by atoms with Gasteiger partial charge in [-0.05, 0) is 60.7 Å². The summed E-state index contributed by atoms with van der Waals surface area (Å²) >= 11 is 0. The molecule has 3 saturated heterocycles. The zero-order valence-corrected chi connectivity index (χ0v) is 16.1. The Hall–Kier alpha value is -1.34. The summed E-state index contributed by atoms with van der Waals surface area (Å²) < 4.78 is 14.8. The van der Waals surface area contributed by atoms with E-state index in [4.69, 9.17) is 4.62 Å². The Morgan fingerprint density at radius 3 is 1.88 bits per heavy atom. The Labute approximate surface area is 154 Å². The summed E-state index contributed by atoms with van der Waals surface area (Å²) in [5, 5.41) is 8.55. The number of aromatic nitrogens is 4. The molecule has 0 aliphatic carbocycles. The standard InChI is InChI=1S/C17H27N7OP/c1-2-11-21(10-1)26(22-12-3-4-13-22,23-14-5-6-15-23)25-24-16-8-7-9-18-17(16)19-20-24/h7-9H,1-6,10-15H2/q+1. The van der Waals surface area contributed by atoms with Gasteiger partial charge in [-0.15, -0.1) is 19.1 Å². The number of hydrogen-bond acceptors (Lipinski definition) is 7. The number of fused-ring (bicyclic) bond motifs is 1. The van der Waals surface area contributed by atoms with Crippen LogP contribution in [0.1, 0.15) is 38.5 Å². The van der Waals surface area contributed by atoms with Crippen LogP contribution < -0.4 is 4.62 Å². The molecule has 3 fully saturated rings. The van der Waals surface area contributed by atoms with Gasteiger partial charge < -0.3 is 0 Å². The number of nitrogens with zero attached hydrogens (tertiary/aromatic N) is 7. The van der Waals surface area contributed by atoms with Crippen LogP contribution in [0.25, 0.3) is 11.2 Å². The largest absolute Gasteiger partial charge is 0.451 e. The van der Waals surface area contributed by atoms with Crippen LogP contribution >= 0.6 is 7.94 Å². The Morgan fingerprint density at radius 2 is 1.35 bits per heavy atom. The maximum absolute atomic E-state index is 6.90. The van der Waals surface area contributed by atoms with Crippen molar-refractivity contribution in [1.29, 1.82) is 0 Å². The third-order valence-corrected chi connectivity index (χ3v) is 9.52. The van der Waals surface area contributed by atoms with E-state index in [2.05, 4.69) is 29.3 Å². The van der Waals surface area contributed by atoms with E-state index < -0.39 is 7.94 Å². The smallest absolute Gasteiger partial charge is 0.234 e. The predicted octanol–water partition coefficient (Wildman–Crippen LogP) is 2.22. The van der Waals surface area contributed by atoms with Crippen LogP contribution in [0.4, 0.5) is 0 Å². The SMILES string of the molecule is c1cnc2nnn(O[P+](N3CCCC3)(N3CCCC3)N3CCCC3)c2c1. The maximum atomic E-state index is 6.90. The Morgan fingerprint density at radius 1 is 0.808 bits per heavy atom. The van der Waals surface area contributed by atoms with Gasteiger partial charge in [-0.25, -0.2) is 4.98 Å². The molecule has 0 amide bonds. The topological polar surface area (TPSA) is 62.6 Å². The predicted molar refractivity (Wildman–Crippen MR) is 101 cm³/mol. The molecule has 0 N–H and O–H groups in total. The van der Waals surface area contributed by atoms with Crippen molar-refractivity contribution in [2.45, 2.75) is 38.5 Å². The Kier molecular flexibility index (Phi) is 4.52. The van der Waals surface area contributed by atoms with Crippen molar-refractivity contribution in [1.82, 2.24) is 34.2 Å². The zero-order valence-electron chi connectivity index (χ0n) is 15.2. The van der Waals surface area contributed by atoms with E-state index in [0.29, 0.717) is 5.65 Å². The molecule has 0 atom stereocenters. The van der Waals surface area contributed by atoms with E-state index in [-0.39, 0.29) is 0 Å². The minimum atomic E-state index is -2.10. The van der Waals surface area contributed by atoms with Gasteiger partial charge in [-0.2, -0.15) is 4.62 Å². The summed E-state index contributed by atoms with van der Waals surface area (Å²) in [5.41, 5.74) is 1.50. The first-order valence-electron chi connectivity index (χ1n) is 9.90. The van der Waals surface area contributed by atoms with Crippen LogP contribution in [0.2, 0.25) is 0 Å². The van der Waals surface area contributed by atoms with E-state index >= 15 is 0 Å². The van der Waals surface area contributed by atoms with Crippen LogP contribution in [0.15, 0.2) is 18.3 Å². The van der Waals surface area contributed by atoms with E-state index in [1.165, 1.54) is 38.5 Å². The highest BCUT2D eigenvalue weighted by atomic mass is 31.2. The van der Waals surface area contributed by atoms with Gasteiger partial charge >= 0.3 is 7.94 Å². The molecule has 0 aromatic carbocycles. The maximum Gasteiger partial charge on any atom is 0.451 e. The van der Waals surface area contributed by atoms with E-state index in [1.54, 1.807) is 11.0 Å². The first kappa shape index (κ1) is 16.8. The fourth-order valence-electron chi connectivity index (χ4n) is 4.48. The van der Waals surface area contributed by atoms with E-state index in [1.807, 2.05) is 12.1 Å². The molecule has 140 valence electrons. The average Bonchev–Trinajstić information content (AvgIpc) is 3.49. The minimum absolute atomic E-state index is 0.648. The van der Waals surface area contributed by atoms with Crippen LogP contribution in [-0.4, -0.2) is 73.4 Å². The lowest BCUT2D eigenvalue weighted by atomic mass is 10.4. The van der Waals surface area contributed by atoms with Crippen LogP contribution in [0.3, 0.4) is 0 Å². The summed E-state index contributed by atoms with van der Waals surface area (Å²) in [7, 11) is -2.10. The van der Waals surface area contributed by atoms with Crippen molar-refractivity contribution in [3.63, 3.8) is 0 Å². The summed E-state index contributed by atoms with van der Waals surface area (Å²) in [4.78, 5) is 5.98. The second-order valence-electron chi connectivity index (χ2n) is 7.39. The van der Waals surface area contributed by atoms with Gasteiger partial charge in [0.05, 0.1) is 0 Å². The van der Waals surface area contributed by atoms with Crippen LogP contribution in [0.5, 0.6) is 0 Å². The van der Waals surface area contributed by atoms with Gasteiger partial charge in [0.2, 0.25) is 5.65 Å². The highest BCUT2D eigenvalue weighted by Crippen LogP contribution is 2.68. The van der Waals surface area contributed by atoms with Crippen molar-refractivity contribution in [3.8, 4) is 0 Å². The molecule has 2 aromatic rings. The molecule has 26 heavy (non-hydrogen) atoms. The summed E-state index contributed by atoms with van der Waals surface area (Å²) in [6, 6.07) is 3.92. The van der Waals surface area contributed by atoms with Crippen molar-refractivity contribution in [3.05, 3.63) is 18.3 Å². The molecule has 5 heterocycles. The molecule has 0 unspecified atom stereocenters. The average molecular weight is 376 g/mol. The lowest BCUT2D eigenvalue weighted by Gasteiger charge is -2.39. The fourth-order valence-corrected chi connectivity index (χ4v) is 8.61. The Bertz CT molecular complexity index is 710. The molecule has 3 aliphatic heterocycles. The molecule has 0 saturated carbocycles. The minimum Gasteiger partial charge on any atom is -0.234 e. The number of rotatable bonds is 5. The third-order valence-electron chi connectivity index (χ3n) is 5.73. The fraction of sp³-hybridized carbons (Fsp3) is 0.706. The summed E-state index contributed by atoms with van der Waals surface area (Å²) in [5.74, 6) is 0. The molecular weight excluding hydrogens is 349 g/mol. The van der Waals surface area contributed by atoms with Gasteiger partial charge in [0, 0.05) is 45.5 Å². The molecule has 3 aliphatic rings. The molecule has 2 aromatic heterocycles. The third kappa shape index (κ3) is 2.71. The second-order valence-corrected chi connectivity index (χ2v) is 10.3. The highest BCUT2D eigenvalue weighted by molar-refractivity contribution is 7.64. The van der Waals surface area contributed by atoms with E-state index in [9.17, 15) is 0 Å². The molecule has 0 bridgehead atoms. The molecule has 8 nitrogen and oxygen atoms in total. The van der Waals surface area contributed by atoms with Crippen molar-refractivity contribution >= 4 is 19.1 Å². The molecule has 5 rings (SSSR count). The Balaban J connectivity index is 1.59. The van der Waals surface area contributed by atoms with Crippen molar-refractivity contribution < 1.29 is 4.62 Å². The van der Waals surface area contributed by atoms with Crippen LogP contribution in [-0.2, 0) is 0 Å². The molecule has 0 spiro atoms. The molecule has 9 heteroatoms. The monoisotopic (exact) mass is 376 g/mol. The molecular formula is C17H27N7OP+. The summed E-state index contributed by atoms with van der Waals surface area (Å²) in [6.45, 7) is 6.70. The van der Waals surface area contributed by atoms with Gasteiger partial charge in [0.1, 0.15) is 0 Å². The van der Waals surface area contributed by atoms with Crippen LogP contribution in [0, 0.1) is 0 Å². The first-order valence-corrected chi connectivity index (χ1v) is 11.5. The summed E-state index contributed by atoms with van der Waals surface area (Å²) in [6.07, 6.45) is 9.29. The van der Waals surface area contributed by atoms with Gasteiger partial charge in [-0.3, -0.25) is 0 Å². The normalized spacial score (nSPS) is 23.4. The zero-order chi connectivity index (χ0) is 17.4. The lowest BCUT2D eigenvalue weighted by molar-refractivity contribution is 0.169. The number of pyridine rings is 1. The molecule has 0 radical (unpaired) electrons. The first-order chi connectivity index (χ1) is 12.9. The van der Waals surface area contributed by atoms with Crippen molar-refractivity contribution in [2.24, 2.45) is 0 Å². The highest BCUT2D eigenvalue weighted by Gasteiger charge is 2.63. The van der Waals surface area contributed by atoms with E-state index in [0.717, 1.165) is 44.8 Å². The second kappa shape index (κ2) is 7.00. The number of hydrogen-bond donors (Lipinski definition) is 0. The van der Waals surface area contributed by atoms with Gasteiger partial charge in [-0.1, -0.05) is 0 Å².